The van der Waals surface area contributed by atoms with E-state index in [4.69, 9.17) is 0 Å². The normalized spacial score (nSPS) is 8.20. The molecule has 0 radical (unpaired) electrons. The summed E-state index contributed by atoms with van der Waals surface area (Å²) in [6.07, 6.45) is 0. The predicted octanol–water partition coefficient (Wildman–Crippen LogP) is 1.75. The number of rotatable bonds is 1. The van der Waals surface area contributed by atoms with Gasteiger partial charge in [-0.25, -0.2) is 0 Å². The fraction of sp³-hybridized carbons (Fsp3) is 0.250. The summed E-state index contributed by atoms with van der Waals surface area (Å²) in [6, 6.07) is 10.3. The number of para-hydroxylation sites is 1. The van der Waals surface area contributed by atoms with E-state index in [9.17, 15) is 0 Å². The molecule has 0 atom stereocenters. The zero-order chi connectivity index (χ0) is 6.69. The first-order valence-corrected chi connectivity index (χ1v) is 3.03. The van der Waals surface area contributed by atoms with Gasteiger partial charge in [0.05, 0.1) is 0 Å². The largest absolute Gasteiger partial charge is 0.378 e. The summed E-state index contributed by atoms with van der Waals surface area (Å²) in [4.78, 5) is 2.08. The van der Waals surface area contributed by atoms with Gasteiger partial charge in [-0.15, -0.1) is 0 Å². The van der Waals surface area contributed by atoms with Gasteiger partial charge in [-0.1, -0.05) is 18.2 Å². The minimum atomic E-state index is 0. The van der Waals surface area contributed by atoms with E-state index >= 15 is 0 Å². The molecular formula is C8H11CrN. The van der Waals surface area contributed by atoms with Crippen molar-refractivity contribution in [1.82, 2.24) is 0 Å². The quantitative estimate of drug-likeness (QED) is 0.625. The van der Waals surface area contributed by atoms with Crippen LogP contribution in [0.15, 0.2) is 30.3 Å². The summed E-state index contributed by atoms with van der Waals surface area (Å²) in [5.41, 5.74) is 1.25. The van der Waals surface area contributed by atoms with Crippen molar-refractivity contribution in [2.75, 3.05) is 19.0 Å². The van der Waals surface area contributed by atoms with E-state index in [0.29, 0.717) is 0 Å². The molecule has 10 heavy (non-hydrogen) atoms. The van der Waals surface area contributed by atoms with Crippen molar-refractivity contribution in [3.05, 3.63) is 30.3 Å². The van der Waals surface area contributed by atoms with Gasteiger partial charge < -0.3 is 4.90 Å². The zero-order valence-corrected chi connectivity index (χ0v) is 7.52. The Balaban J connectivity index is 0.000000810. The molecule has 0 aliphatic heterocycles. The maximum Gasteiger partial charge on any atom is 0.0360 e. The van der Waals surface area contributed by atoms with E-state index in [2.05, 4.69) is 17.0 Å². The van der Waals surface area contributed by atoms with Crippen molar-refractivity contribution in [3.8, 4) is 0 Å². The minimum absolute atomic E-state index is 0. The van der Waals surface area contributed by atoms with Gasteiger partial charge in [-0.05, 0) is 12.1 Å². The Hall–Kier alpha value is -0.448. The monoisotopic (exact) mass is 173 g/mol. The zero-order valence-electron chi connectivity index (χ0n) is 6.24. The van der Waals surface area contributed by atoms with E-state index in [1.807, 2.05) is 32.3 Å². The molecule has 0 saturated carbocycles. The molecule has 1 aromatic rings. The van der Waals surface area contributed by atoms with Gasteiger partial charge in [0, 0.05) is 37.1 Å². The average molecular weight is 173 g/mol. The number of benzene rings is 1. The van der Waals surface area contributed by atoms with Crippen LogP contribution in [0.5, 0.6) is 0 Å². The first-order valence-electron chi connectivity index (χ1n) is 3.03. The Bertz CT molecular complexity index is 172. The Labute approximate surface area is 72.8 Å². The van der Waals surface area contributed by atoms with Crippen molar-refractivity contribution in [2.24, 2.45) is 0 Å². The standard InChI is InChI=1S/C8H11N.Cr/c1-9(2)8-6-4-3-5-7-8;/h3-7H,1-2H3;. The Morgan fingerprint density at radius 2 is 1.50 bits per heavy atom. The van der Waals surface area contributed by atoms with Gasteiger partial charge >= 0.3 is 0 Å². The second kappa shape index (κ2) is 4.38. The smallest absolute Gasteiger partial charge is 0.0360 e. The van der Waals surface area contributed by atoms with Crippen LogP contribution in [-0.2, 0) is 17.4 Å². The summed E-state index contributed by atoms with van der Waals surface area (Å²) in [6.45, 7) is 0. The molecule has 0 spiro atoms. The van der Waals surface area contributed by atoms with Gasteiger partial charge in [-0.2, -0.15) is 0 Å². The first kappa shape index (κ1) is 9.55. The summed E-state index contributed by atoms with van der Waals surface area (Å²) in [7, 11) is 4.07. The van der Waals surface area contributed by atoms with Crippen molar-refractivity contribution in [3.63, 3.8) is 0 Å². The molecule has 0 amide bonds. The number of anilines is 1. The van der Waals surface area contributed by atoms with E-state index in [1.165, 1.54) is 5.69 Å². The molecule has 1 aromatic carbocycles. The molecular weight excluding hydrogens is 162 g/mol. The van der Waals surface area contributed by atoms with Crippen LogP contribution >= 0.6 is 0 Å². The number of nitrogens with zero attached hydrogens (tertiary/aromatic N) is 1. The van der Waals surface area contributed by atoms with Gasteiger partial charge in [0.25, 0.3) is 0 Å². The molecule has 0 N–H and O–H groups in total. The summed E-state index contributed by atoms with van der Waals surface area (Å²) in [5.74, 6) is 0. The van der Waals surface area contributed by atoms with E-state index < -0.39 is 0 Å². The maximum atomic E-state index is 2.08. The number of hydrogen-bond donors (Lipinski definition) is 0. The minimum Gasteiger partial charge on any atom is -0.378 e. The molecule has 0 aliphatic carbocycles. The van der Waals surface area contributed by atoms with Crippen LogP contribution in [0.4, 0.5) is 5.69 Å². The number of hydrogen-bond acceptors (Lipinski definition) is 1. The van der Waals surface area contributed by atoms with Crippen LogP contribution in [0.3, 0.4) is 0 Å². The van der Waals surface area contributed by atoms with Crippen molar-refractivity contribution >= 4 is 5.69 Å². The molecule has 0 saturated heterocycles. The van der Waals surface area contributed by atoms with Crippen molar-refractivity contribution < 1.29 is 17.4 Å². The van der Waals surface area contributed by atoms with Gasteiger partial charge in [0.1, 0.15) is 0 Å². The third-order valence-electron chi connectivity index (χ3n) is 1.27. The molecule has 0 heterocycles. The van der Waals surface area contributed by atoms with Crippen LogP contribution in [-0.4, -0.2) is 14.1 Å². The van der Waals surface area contributed by atoms with Crippen LogP contribution in [0, 0.1) is 0 Å². The first-order chi connectivity index (χ1) is 4.30. The summed E-state index contributed by atoms with van der Waals surface area (Å²) in [5, 5.41) is 0. The third kappa shape index (κ3) is 2.43. The van der Waals surface area contributed by atoms with Gasteiger partial charge in [-0.3, -0.25) is 0 Å². The van der Waals surface area contributed by atoms with E-state index in [1.54, 1.807) is 0 Å². The Morgan fingerprint density at radius 1 is 1.00 bits per heavy atom. The fourth-order valence-electron chi connectivity index (χ4n) is 0.726. The molecule has 0 unspecified atom stereocenters. The topological polar surface area (TPSA) is 3.24 Å². The molecule has 0 aromatic heterocycles. The molecule has 0 bridgehead atoms. The fourth-order valence-corrected chi connectivity index (χ4v) is 0.726. The second-order valence-corrected chi connectivity index (χ2v) is 2.23. The van der Waals surface area contributed by atoms with Gasteiger partial charge in [0.2, 0.25) is 0 Å². The summed E-state index contributed by atoms with van der Waals surface area (Å²) >= 11 is 0. The Morgan fingerprint density at radius 3 is 1.80 bits per heavy atom. The van der Waals surface area contributed by atoms with Crippen LogP contribution in [0.1, 0.15) is 0 Å². The van der Waals surface area contributed by atoms with Crippen molar-refractivity contribution in [1.29, 1.82) is 0 Å². The molecule has 0 fully saturated rings. The van der Waals surface area contributed by atoms with Gasteiger partial charge in [0.15, 0.2) is 0 Å². The van der Waals surface area contributed by atoms with Crippen LogP contribution < -0.4 is 4.90 Å². The SMILES string of the molecule is CN(C)c1ccccc1.[Cr]. The maximum absolute atomic E-state index is 2.08. The predicted molar refractivity (Wildman–Crippen MR) is 40.8 cm³/mol. The molecule has 1 nitrogen and oxygen atoms in total. The molecule has 0 aliphatic rings. The van der Waals surface area contributed by atoms with Crippen LogP contribution in [0.25, 0.3) is 0 Å². The third-order valence-corrected chi connectivity index (χ3v) is 1.27. The average Bonchev–Trinajstić information content (AvgIpc) is 1.90. The summed E-state index contributed by atoms with van der Waals surface area (Å²) < 4.78 is 0. The van der Waals surface area contributed by atoms with Crippen molar-refractivity contribution in [2.45, 2.75) is 0 Å². The molecule has 2 heteroatoms. The van der Waals surface area contributed by atoms with E-state index in [-0.39, 0.29) is 17.4 Å². The van der Waals surface area contributed by atoms with E-state index in [0.717, 1.165) is 0 Å². The molecule has 54 valence electrons. The Kier molecular flexibility index (Phi) is 4.18. The second-order valence-electron chi connectivity index (χ2n) is 2.23. The molecule has 1 rings (SSSR count). The van der Waals surface area contributed by atoms with Crippen LogP contribution in [0.2, 0.25) is 0 Å².